The molecule has 0 unspecified atom stereocenters. The van der Waals surface area contributed by atoms with Crippen LogP contribution >= 0.6 is 0 Å². The molecule has 0 saturated heterocycles. The summed E-state index contributed by atoms with van der Waals surface area (Å²) >= 11 is 0. The quantitative estimate of drug-likeness (QED) is 0.378. The molecule has 3 aromatic carbocycles. The van der Waals surface area contributed by atoms with Gasteiger partial charge in [0.1, 0.15) is 5.69 Å². The normalized spacial score (nSPS) is 11.2. The topological polar surface area (TPSA) is 38.4 Å². The van der Waals surface area contributed by atoms with E-state index >= 15 is 0 Å². The lowest BCUT2D eigenvalue weighted by atomic mass is 10.1. The molecule has 0 atom stereocenters. The molecule has 0 radical (unpaired) electrons. The maximum atomic E-state index is 6.15. The van der Waals surface area contributed by atoms with Crippen LogP contribution in [0.5, 0.6) is 0 Å². The Morgan fingerprint density at radius 3 is 1.96 bits per heavy atom. The van der Waals surface area contributed by atoms with E-state index in [0.717, 1.165) is 39.4 Å². The minimum Gasteiger partial charge on any atom is -0.435 e. The second-order valence-corrected chi connectivity index (χ2v) is 6.97. The summed E-state index contributed by atoms with van der Waals surface area (Å²) in [7, 11) is 0. The van der Waals surface area contributed by atoms with E-state index < -0.39 is 0 Å². The van der Waals surface area contributed by atoms with Crippen molar-refractivity contribution in [2.45, 2.75) is 20.8 Å². The lowest BCUT2D eigenvalue weighted by Crippen LogP contribution is -1.88. The van der Waals surface area contributed by atoms with E-state index in [2.05, 4.69) is 32.9 Å². The van der Waals surface area contributed by atoms with Gasteiger partial charge in [0.05, 0.1) is 11.9 Å². The highest BCUT2D eigenvalue weighted by molar-refractivity contribution is 5.89. The summed E-state index contributed by atoms with van der Waals surface area (Å²) in [6.07, 6.45) is 1.81. The number of nitrogens with zero attached hydrogens (tertiary/aromatic N) is 2. The molecule has 0 amide bonds. The molecule has 0 aliphatic carbocycles. The van der Waals surface area contributed by atoms with Gasteiger partial charge in [-0.05, 0) is 44.0 Å². The van der Waals surface area contributed by atoms with Crippen LogP contribution in [0.4, 0.5) is 5.69 Å². The summed E-state index contributed by atoms with van der Waals surface area (Å²) < 4.78 is 6.15. The van der Waals surface area contributed by atoms with Crippen LogP contribution in [0.15, 0.2) is 82.2 Å². The first-order chi connectivity index (χ1) is 13.6. The smallest absolute Gasteiger partial charge is 0.227 e. The fourth-order valence-corrected chi connectivity index (χ4v) is 3.42. The van der Waals surface area contributed by atoms with Gasteiger partial charge in [-0.1, -0.05) is 66.2 Å². The fourth-order valence-electron chi connectivity index (χ4n) is 3.42. The molecule has 0 spiro atoms. The second kappa shape index (κ2) is 7.65. The van der Waals surface area contributed by atoms with Crippen LogP contribution in [0.1, 0.15) is 22.4 Å². The lowest BCUT2D eigenvalue weighted by Gasteiger charge is -2.06. The minimum absolute atomic E-state index is 0.596. The first-order valence-electron chi connectivity index (χ1n) is 9.35. The summed E-state index contributed by atoms with van der Waals surface area (Å²) in [4.78, 5) is 9.50. The Hall–Kier alpha value is -3.46. The molecule has 0 aliphatic heterocycles. The van der Waals surface area contributed by atoms with Crippen molar-refractivity contribution in [3.63, 3.8) is 0 Å². The Labute approximate surface area is 165 Å². The lowest BCUT2D eigenvalue weighted by molar-refractivity contribution is 0.588. The zero-order chi connectivity index (χ0) is 19.5. The molecule has 1 aromatic heterocycles. The van der Waals surface area contributed by atoms with Gasteiger partial charge in [0.2, 0.25) is 5.89 Å². The molecule has 0 aliphatic rings. The first kappa shape index (κ1) is 17.9. The zero-order valence-corrected chi connectivity index (χ0v) is 16.3. The standard InChI is InChI=1S/C25H22N2O/c1-17-14-18(2)23(19(3)15-17)26-16-22-24(20-10-6-4-7-11-20)28-25(27-22)21-12-8-5-9-13-21/h4-16H,1-3H3. The molecule has 28 heavy (non-hydrogen) atoms. The summed E-state index contributed by atoms with van der Waals surface area (Å²) in [5, 5.41) is 0. The van der Waals surface area contributed by atoms with Crippen molar-refractivity contribution in [1.82, 2.24) is 4.98 Å². The summed E-state index contributed by atoms with van der Waals surface area (Å²) in [6.45, 7) is 6.27. The third-order valence-electron chi connectivity index (χ3n) is 4.66. The highest BCUT2D eigenvalue weighted by atomic mass is 16.4. The molecule has 0 saturated carbocycles. The molecular weight excluding hydrogens is 344 g/mol. The second-order valence-electron chi connectivity index (χ2n) is 6.97. The zero-order valence-electron chi connectivity index (χ0n) is 16.3. The van der Waals surface area contributed by atoms with Crippen molar-refractivity contribution in [3.8, 4) is 22.8 Å². The van der Waals surface area contributed by atoms with E-state index in [-0.39, 0.29) is 0 Å². The number of hydrogen-bond donors (Lipinski definition) is 0. The number of aryl methyl sites for hydroxylation is 3. The van der Waals surface area contributed by atoms with E-state index in [9.17, 15) is 0 Å². The third kappa shape index (κ3) is 3.65. The average molecular weight is 366 g/mol. The molecule has 4 rings (SSSR count). The number of rotatable bonds is 4. The van der Waals surface area contributed by atoms with Gasteiger partial charge in [-0.15, -0.1) is 0 Å². The van der Waals surface area contributed by atoms with Gasteiger partial charge in [-0.25, -0.2) is 4.98 Å². The van der Waals surface area contributed by atoms with Gasteiger partial charge in [0.15, 0.2) is 5.76 Å². The predicted octanol–water partition coefficient (Wildman–Crippen LogP) is 6.68. The number of hydrogen-bond acceptors (Lipinski definition) is 3. The maximum Gasteiger partial charge on any atom is 0.227 e. The van der Waals surface area contributed by atoms with Gasteiger partial charge in [-0.3, -0.25) is 4.99 Å². The van der Waals surface area contributed by atoms with Crippen molar-refractivity contribution in [1.29, 1.82) is 0 Å². The number of oxazole rings is 1. The van der Waals surface area contributed by atoms with E-state index in [0.29, 0.717) is 5.89 Å². The van der Waals surface area contributed by atoms with Gasteiger partial charge in [-0.2, -0.15) is 0 Å². The van der Waals surface area contributed by atoms with Crippen LogP contribution in [0.25, 0.3) is 22.8 Å². The monoisotopic (exact) mass is 366 g/mol. The third-order valence-corrected chi connectivity index (χ3v) is 4.66. The molecule has 0 bridgehead atoms. The van der Waals surface area contributed by atoms with Gasteiger partial charge >= 0.3 is 0 Å². The predicted molar refractivity (Wildman–Crippen MR) is 115 cm³/mol. The SMILES string of the molecule is Cc1cc(C)c(N=Cc2nc(-c3ccccc3)oc2-c2ccccc2)c(C)c1. The Morgan fingerprint density at radius 2 is 1.36 bits per heavy atom. The molecule has 138 valence electrons. The van der Waals surface area contributed by atoms with E-state index in [1.54, 1.807) is 0 Å². The fraction of sp³-hybridized carbons (Fsp3) is 0.120. The molecule has 1 heterocycles. The van der Waals surface area contributed by atoms with Crippen LogP contribution in [0.3, 0.4) is 0 Å². The van der Waals surface area contributed by atoms with Crippen molar-refractivity contribution < 1.29 is 4.42 Å². The van der Waals surface area contributed by atoms with Crippen molar-refractivity contribution in [2.75, 3.05) is 0 Å². The summed E-state index contributed by atoms with van der Waals surface area (Å²) in [5.74, 6) is 1.32. The Kier molecular flexibility index (Phi) is 4.90. The molecule has 4 aromatic rings. The molecule has 3 heteroatoms. The van der Waals surface area contributed by atoms with Crippen molar-refractivity contribution in [2.24, 2.45) is 4.99 Å². The van der Waals surface area contributed by atoms with Gasteiger partial charge < -0.3 is 4.42 Å². The molecule has 3 nitrogen and oxygen atoms in total. The van der Waals surface area contributed by atoms with E-state index in [1.165, 1.54) is 5.56 Å². The molecule has 0 fully saturated rings. The van der Waals surface area contributed by atoms with Crippen LogP contribution < -0.4 is 0 Å². The number of aromatic nitrogens is 1. The molecule has 0 N–H and O–H groups in total. The first-order valence-corrected chi connectivity index (χ1v) is 9.35. The van der Waals surface area contributed by atoms with Crippen LogP contribution in [-0.2, 0) is 0 Å². The van der Waals surface area contributed by atoms with E-state index in [1.807, 2.05) is 66.9 Å². The van der Waals surface area contributed by atoms with Crippen molar-refractivity contribution in [3.05, 3.63) is 95.2 Å². The average Bonchev–Trinajstić information content (AvgIpc) is 3.13. The van der Waals surface area contributed by atoms with Crippen LogP contribution in [-0.4, -0.2) is 11.2 Å². The van der Waals surface area contributed by atoms with Crippen LogP contribution in [0.2, 0.25) is 0 Å². The summed E-state index contributed by atoms with van der Waals surface area (Å²) in [6, 6.07) is 24.3. The Balaban J connectivity index is 1.81. The maximum absolute atomic E-state index is 6.15. The van der Waals surface area contributed by atoms with Gasteiger partial charge in [0, 0.05) is 11.1 Å². The number of benzene rings is 3. The Morgan fingerprint density at radius 1 is 0.786 bits per heavy atom. The van der Waals surface area contributed by atoms with Gasteiger partial charge in [0.25, 0.3) is 0 Å². The van der Waals surface area contributed by atoms with E-state index in [4.69, 9.17) is 14.4 Å². The highest BCUT2D eigenvalue weighted by Crippen LogP contribution is 2.30. The molecular formula is C25H22N2O. The Bertz CT molecular complexity index is 1100. The minimum atomic E-state index is 0.596. The largest absolute Gasteiger partial charge is 0.435 e. The highest BCUT2D eigenvalue weighted by Gasteiger charge is 2.15. The summed E-state index contributed by atoms with van der Waals surface area (Å²) in [5.41, 5.74) is 7.19. The van der Waals surface area contributed by atoms with Crippen molar-refractivity contribution >= 4 is 11.9 Å². The number of aliphatic imine (C=N–C) groups is 1. The van der Waals surface area contributed by atoms with Crippen LogP contribution in [0, 0.1) is 20.8 Å².